The predicted octanol–water partition coefficient (Wildman–Crippen LogP) is 3.72. The van der Waals surface area contributed by atoms with Gasteiger partial charge in [-0.25, -0.2) is 4.98 Å². The summed E-state index contributed by atoms with van der Waals surface area (Å²) in [6.45, 7) is 0. The summed E-state index contributed by atoms with van der Waals surface area (Å²) in [5, 5.41) is 1.94. The van der Waals surface area contributed by atoms with Crippen molar-refractivity contribution in [2.75, 3.05) is 0 Å². The van der Waals surface area contributed by atoms with E-state index < -0.39 is 0 Å². The van der Waals surface area contributed by atoms with E-state index in [9.17, 15) is 0 Å². The average Bonchev–Trinajstić information content (AvgIpc) is 2.73. The summed E-state index contributed by atoms with van der Waals surface area (Å²) in [6, 6.07) is 8.16. The van der Waals surface area contributed by atoms with Crippen LogP contribution in [0, 0.1) is 0 Å². The Balaban J connectivity index is 1.85. The maximum Gasteiger partial charge on any atom is 0.0975 e. The van der Waals surface area contributed by atoms with Crippen LogP contribution in [0.2, 0.25) is 5.02 Å². The Labute approximate surface area is 116 Å². The molecule has 2 N–H and O–H groups in total. The fourth-order valence-corrected chi connectivity index (χ4v) is 3.80. The van der Waals surface area contributed by atoms with Crippen LogP contribution >= 0.6 is 22.9 Å². The Morgan fingerprint density at radius 3 is 3.11 bits per heavy atom. The minimum Gasteiger partial charge on any atom is -0.323 e. The van der Waals surface area contributed by atoms with Gasteiger partial charge in [0.25, 0.3) is 0 Å². The molecule has 2 aromatic rings. The Hall–Kier alpha value is -0.900. The predicted molar refractivity (Wildman–Crippen MR) is 76.2 cm³/mol. The molecule has 1 aromatic heterocycles. The number of hydrogen-bond acceptors (Lipinski definition) is 3. The molecule has 0 fully saturated rings. The third kappa shape index (κ3) is 2.44. The minimum atomic E-state index is 0.194. The minimum absolute atomic E-state index is 0.194. The number of fused-ring (bicyclic) bond motifs is 1. The largest absolute Gasteiger partial charge is 0.323 e. The molecule has 0 aliphatic heterocycles. The Bertz CT molecular complexity index is 565. The molecule has 1 aromatic carbocycles. The van der Waals surface area contributed by atoms with Gasteiger partial charge in [-0.2, -0.15) is 0 Å². The number of nitrogens with two attached hydrogens (primary N) is 1. The molecule has 1 aliphatic rings. The molecule has 0 amide bonds. The number of aromatic nitrogens is 1. The van der Waals surface area contributed by atoms with Gasteiger partial charge in [0.15, 0.2) is 0 Å². The molecular formula is C14H15ClN2S. The highest BCUT2D eigenvalue weighted by atomic mass is 35.5. The molecule has 3 rings (SSSR count). The molecule has 0 spiro atoms. The molecular weight excluding hydrogens is 264 g/mol. The molecule has 1 atom stereocenters. The van der Waals surface area contributed by atoms with Crippen molar-refractivity contribution < 1.29 is 0 Å². The topological polar surface area (TPSA) is 38.9 Å². The van der Waals surface area contributed by atoms with E-state index >= 15 is 0 Å². The van der Waals surface area contributed by atoms with Gasteiger partial charge in [0.2, 0.25) is 0 Å². The quantitative estimate of drug-likeness (QED) is 0.909. The van der Waals surface area contributed by atoms with Crippen LogP contribution in [0.15, 0.2) is 24.3 Å². The second kappa shape index (κ2) is 5.00. The van der Waals surface area contributed by atoms with Gasteiger partial charge >= 0.3 is 0 Å². The van der Waals surface area contributed by atoms with Crippen LogP contribution in [0.3, 0.4) is 0 Å². The van der Waals surface area contributed by atoms with Crippen LogP contribution in [0.4, 0.5) is 0 Å². The van der Waals surface area contributed by atoms with Gasteiger partial charge in [-0.1, -0.05) is 23.7 Å². The van der Waals surface area contributed by atoms with Gasteiger partial charge in [-0.05, 0) is 37.0 Å². The number of aryl methyl sites for hydroxylation is 1. The number of nitrogens with zero attached hydrogens (tertiary/aromatic N) is 1. The van der Waals surface area contributed by atoms with Crippen LogP contribution in [0.25, 0.3) is 0 Å². The first kappa shape index (κ1) is 12.2. The lowest BCUT2D eigenvalue weighted by Crippen LogP contribution is -2.15. The van der Waals surface area contributed by atoms with Gasteiger partial charge in [-0.15, -0.1) is 11.3 Å². The SMILES string of the molecule is NC1CCCc2nc(Cc3cccc(Cl)c3)sc21. The third-order valence-electron chi connectivity index (χ3n) is 3.28. The molecule has 0 bridgehead atoms. The normalized spacial score (nSPS) is 18.7. The Morgan fingerprint density at radius 2 is 2.33 bits per heavy atom. The number of hydrogen-bond donors (Lipinski definition) is 1. The first-order chi connectivity index (χ1) is 8.72. The highest BCUT2D eigenvalue weighted by molar-refractivity contribution is 7.11. The number of benzene rings is 1. The van der Waals surface area contributed by atoms with Crippen LogP contribution < -0.4 is 5.73 Å². The van der Waals surface area contributed by atoms with Crippen molar-refractivity contribution in [2.24, 2.45) is 5.73 Å². The summed E-state index contributed by atoms with van der Waals surface area (Å²) in [7, 11) is 0. The van der Waals surface area contributed by atoms with Crippen molar-refractivity contribution in [1.29, 1.82) is 0 Å². The lowest BCUT2D eigenvalue weighted by Gasteiger charge is -2.15. The first-order valence-corrected chi connectivity index (χ1v) is 7.40. The second-order valence-electron chi connectivity index (χ2n) is 4.72. The molecule has 2 nitrogen and oxygen atoms in total. The van der Waals surface area contributed by atoms with E-state index in [-0.39, 0.29) is 6.04 Å². The van der Waals surface area contributed by atoms with E-state index in [0.29, 0.717) is 0 Å². The van der Waals surface area contributed by atoms with Gasteiger partial charge in [0, 0.05) is 22.4 Å². The summed E-state index contributed by atoms with van der Waals surface area (Å²) in [4.78, 5) is 6.01. The first-order valence-electron chi connectivity index (χ1n) is 6.21. The van der Waals surface area contributed by atoms with Gasteiger partial charge in [-0.3, -0.25) is 0 Å². The highest BCUT2D eigenvalue weighted by Crippen LogP contribution is 2.33. The summed E-state index contributed by atoms with van der Waals surface area (Å²) in [5.41, 5.74) is 8.56. The summed E-state index contributed by atoms with van der Waals surface area (Å²) >= 11 is 7.76. The monoisotopic (exact) mass is 278 g/mol. The molecule has 0 saturated heterocycles. The maximum atomic E-state index is 6.13. The molecule has 1 unspecified atom stereocenters. The van der Waals surface area contributed by atoms with E-state index in [1.54, 1.807) is 11.3 Å². The smallest absolute Gasteiger partial charge is 0.0975 e. The standard InChI is InChI=1S/C14H15ClN2S/c15-10-4-1-3-9(7-10)8-13-17-12-6-2-5-11(16)14(12)18-13/h1,3-4,7,11H,2,5-6,8,16H2. The van der Waals surface area contributed by atoms with Crippen molar-refractivity contribution in [2.45, 2.75) is 31.7 Å². The zero-order valence-corrected chi connectivity index (χ0v) is 11.6. The van der Waals surface area contributed by atoms with E-state index in [0.717, 1.165) is 35.7 Å². The van der Waals surface area contributed by atoms with Gasteiger partial charge in [0.1, 0.15) is 0 Å². The zero-order chi connectivity index (χ0) is 12.5. The number of rotatable bonds is 2. The van der Waals surface area contributed by atoms with E-state index in [1.807, 2.05) is 18.2 Å². The fraction of sp³-hybridized carbons (Fsp3) is 0.357. The summed E-state index contributed by atoms with van der Waals surface area (Å²) < 4.78 is 0. The van der Waals surface area contributed by atoms with Crippen molar-refractivity contribution in [3.8, 4) is 0 Å². The summed E-state index contributed by atoms with van der Waals surface area (Å²) in [5.74, 6) is 0. The van der Waals surface area contributed by atoms with E-state index in [1.165, 1.54) is 16.1 Å². The highest BCUT2D eigenvalue weighted by Gasteiger charge is 2.21. The van der Waals surface area contributed by atoms with Crippen molar-refractivity contribution in [1.82, 2.24) is 4.98 Å². The molecule has 4 heteroatoms. The van der Waals surface area contributed by atoms with Crippen LogP contribution in [-0.2, 0) is 12.8 Å². The van der Waals surface area contributed by atoms with Crippen molar-refractivity contribution >= 4 is 22.9 Å². The number of halogens is 1. The Kier molecular flexibility index (Phi) is 3.37. The number of thiazole rings is 1. The third-order valence-corrected chi connectivity index (χ3v) is 4.75. The van der Waals surface area contributed by atoms with E-state index in [2.05, 4.69) is 6.07 Å². The molecule has 0 radical (unpaired) electrons. The fourth-order valence-electron chi connectivity index (χ4n) is 2.40. The molecule has 1 heterocycles. The van der Waals surface area contributed by atoms with Gasteiger partial charge in [0.05, 0.1) is 10.7 Å². The zero-order valence-electron chi connectivity index (χ0n) is 10.0. The molecule has 94 valence electrons. The van der Waals surface area contributed by atoms with Gasteiger partial charge < -0.3 is 5.73 Å². The van der Waals surface area contributed by atoms with Crippen LogP contribution in [0.1, 0.15) is 40.0 Å². The lowest BCUT2D eigenvalue weighted by molar-refractivity contribution is 0.573. The van der Waals surface area contributed by atoms with Crippen LogP contribution in [0.5, 0.6) is 0 Å². The van der Waals surface area contributed by atoms with Crippen molar-refractivity contribution in [3.63, 3.8) is 0 Å². The average molecular weight is 279 g/mol. The second-order valence-corrected chi connectivity index (χ2v) is 6.28. The summed E-state index contributed by atoms with van der Waals surface area (Å²) in [6.07, 6.45) is 4.18. The molecule has 0 saturated carbocycles. The van der Waals surface area contributed by atoms with Crippen LogP contribution in [-0.4, -0.2) is 4.98 Å². The lowest BCUT2D eigenvalue weighted by atomic mass is 9.99. The van der Waals surface area contributed by atoms with Crippen molar-refractivity contribution in [3.05, 3.63) is 50.4 Å². The maximum absolute atomic E-state index is 6.13. The molecule has 18 heavy (non-hydrogen) atoms. The molecule has 1 aliphatic carbocycles. The Morgan fingerprint density at radius 1 is 1.44 bits per heavy atom. The van der Waals surface area contributed by atoms with E-state index in [4.69, 9.17) is 22.3 Å².